The molecule has 0 aliphatic heterocycles. The van der Waals surface area contributed by atoms with Crippen molar-refractivity contribution in [2.75, 3.05) is 13.6 Å². The first-order valence-corrected chi connectivity index (χ1v) is 2.42. The molecule has 0 saturated heterocycles. The van der Waals surface area contributed by atoms with E-state index in [9.17, 15) is 0 Å². The van der Waals surface area contributed by atoms with E-state index in [0.29, 0.717) is 6.04 Å². The monoisotopic (exact) mass is 98.1 g/mol. The molecule has 0 unspecified atom stereocenters. The summed E-state index contributed by atoms with van der Waals surface area (Å²) in [6.07, 6.45) is 0. The molecule has 0 aromatic carbocycles. The maximum Gasteiger partial charge on any atom is 0.178 e. The van der Waals surface area contributed by atoms with E-state index >= 15 is 0 Å². The molecular weight excluding hydrogens is 86.9 g/mol. The molecule has 0 bridgehead atoms. The summed E-state index contributed by atoms with van der Waals surface area (Å²) in [5.41, 5.74) is 0. The van der Waals surface area contributed by atoms with Gasteiger partial charge in [-0.3, -0.25) is 0 Å². The fourth-order valence-corrected chi connectivity index (χ4v) is 0.365. The third-order valence-corrected chi connectivity index (χ3v) is 0.795. The largest absolute Gasteiger partial charge is 0.363 e. The zero-order valence-electron chi connectivity index (χ0n) is 4.86. The molecule has 0 aromatic rings. The molecule has 0 spiro atoms. The van der Waals surface area contributed by atoms with E-state index in [4.69, 9.17) is 7.98 Å². The Labute approximate surface area is 46.1 Å². The van der Waals surface area contributed by atoms with E-state index in [1.807, 2.05) is 14.0 Å². The van der Waals surface area contributed by atoms with Gasteiger partial charge in [0, 0.05) is 12.6 Å². The Hall–Kier alpha value is -0.0151. The van der Waals surface area contributed by atoms with Gasteiger partial charge in [-0.1, -0.05) is 0 Å². The van der Waals surface area contributed by atoms with Gasteiger partial charge < -0.3 is 10.5 Å². The number of hydrogen-bond donors (Lipinski definition) is 2. The maximum atomic E-state index is 5.07. The minimum absolute atomic E-state index is 0.366. The number of hydrogen-bond acceptors (Lipinski definition) is 2. The second kappa shape index (κ2) is 4.15. The number of nitrogens with one attached hydrogen (secondary N) is 2. The van der Waals surface area contributed by atoms with Crippen LogP contribution in [-0.4, -0.2) is 27.6 Å². The quantitative estimate of drug-likeness (QED) is 0.454. The molecule has 7 heavy (non-hydrogen) atoms. The van der Waals surface area contributed by atoms with Gasteiger partial charge in [-0.25, -0.2) is 0 Å². The van der Waals surface area contributed by atoms with Gasteiger partial charge in [0.15, 0.2) is 7.98 Å². The molecule has 40 valence electrons. The zero-order valence-corrected chi connectivity index (χ0v) is 4.86. The minimum atomic E-state index is 0.366. The van der Waals surface area contributed by atoms with Crippen molar-refractivity contribution in [3.05, 3.63) is 0 Å². The van der Waals surface area contributed by atoms with E-state index in [2.05, 4.69) is 10.5 Å². The van der Waals surface area contributed by atoms with Gasteiger partial charge in [-0.15, -0.1) is 0 Å². The highest BCUT2D eigenvalue weighted by molar-refractivity contribution is 6.04. The average molecular weight is 98.0 g/mol. The predicted molar refractivity (Wildman–Crippen MR) is 32.3 cm³/mol. The van der Waals surface area contributed by atoms with Crippen LogP contribution in [0.25, 0.3) is 0 Å². The Kier molecular flexibility index (Phi) is 4.14. The lowest BCUT2D eigenvalue weighted by Crippen LogP contribution is -2.32. The highest BCUT2D eigenvalue weighted by atomic mass is 14.9. The van der Waals surface area contributed by atoms with Crippen LogP contribution in [0, 0.1) is 0 Å². The summed E-state index contributed by atoms with van der Waals surface area (Å²) in [5.74, 6) is 0. The Morgan fingerprint density at radius 2 is 2.29 bits per heavy atom. The topological polar surface area (TPSA) is 24.1 Å². The van der Waals surface area contributed by atoms with E-state index in [1.165, 1.54) is 0 Å². The van der Waals surface area contributed by atoms with Crippen LogP contribution < -0.4 is 10.5 Å². The third kappa shape index (κ3) is 3.82. The maximum absolute atomic E-state index is 5.07. The second-order valence-electron chi connectivity index (χ2n) is 1.63. The third-order valence-electron chi connectivity index (χ3n) is 0.795. The summed E-state index contributed by atoms with van der Waals surface area (Å²) >= 11 is 0. The molecule has 0 aromatic heterocycles. The van der Waals surface area contributed by atoms with Gasteiger partial charge >= 0.3 is 0 Å². The highest BCUT2D eigenvalue weighted by Crippen LogP contribution is 1.70. The summed E-state index contributed by atoms with van der Waals surface area (Å²) in [5, 5.41) is 5.58. The molecule has 2 radical (unpaired) electrons. The SMILES string of the molecule is [B]N[C@H](C)CNC. The smallest absolute Gasteiger partial charge is 0.178 e. The molecule has 2 N–H and O–H groups in total. The fourth-order valence-electron chi connectivity index (χ4n) is 0.365. The molecular formula is C4H11BN2. The summed E-state index contributed by atoms with van der Waals surface area (Å²) in [4.78, 5) is 0. The zero-order chi connectivity index (χ0) is 5.70. The molecule has 1 atom stereocenters. The lowest BCUT2D eigenvalue weighted by molar-refractivity contribution is 0.626. The Balaban J connectivity index is 2.83. The number of rotatable bonds is 3. The Bertz CT molecular complexity index is 40.7. The van der Waals surface area contributed by atoms with Gasteiger partial charge in [-0.05, 0) is 14.0 Å². The first kappa shape index (κ1) is 6.98. The van der Waals surface area contributed by atoms with Crippen molar-refractivity contribution in [1.29, 1.82) is 0 Å². The standard InChI is InChI=1S/C4H11BN2/c1-4(7-5)3-6-2/h4,6-7H,3H2,1-2H3/t4-/m1/s1. The van der Waals surface area contributed by atoms with Crippen LogP contribution in [0.4, 0.5) is 0 Å². The van der Waals surface area contributed by atoms with Gasteiger partial charge in [0.1, 0.15) is 0 Å². The predicted octanol–water partition coefficient (Wildman–Crippen LogP) is -0.733. The normalized spacial score (nSPS) is 14.0. The van der Waals surface area contributed by atoms with Crippen molar-refractivity contribution in [3.63, 3.8) is 0 Å². The van der Waals surface area contributed by atoms with Crippen molar-refractivity contribution in [2.45, 2.75) is 13.0 Å². The van der Waals surface area contributed by atoms with E-state index < -0.39 is 0 Å². The lowest BCUT2D eigenvalue weighted by atomic mass is 10.2. The summed E-state index contributed by atoms with van der Waals surface area (Å²) in [6.45, 7) is 2.92. The average Bonchev–Trinajstić information content (AvgIpc) is 1.68. The summed E-state index contributed by atoms with van der Waals surface area (Å²) in [7, 11) is 6.96. The van der Waals surface area contributed by atoms with Crippen LogP contribution in [0.3, 0.4) is 0 Å². The molecule has 0 saturated carbocycles. The van der Waals surface area contributed by atoms with E-state index in [0.717, 1.165) is 6.54 Å². The molecule has 2 nitrogen and oxygen atoms in total. The van der Waals surface area contributed by atoms with Crippen molar-refractivity contribution in [2.24, 2.45) is 0 Å². The van der Waals surface area contributed by atoms with Crippen LogP contribution in [-0.2, 0) is 0 Å². The lowest BCUT2D eigenvalue weighted by Gasteiger charge is -2.07. The van der Waals surface area contributed by atoms with Crippen LogP contribution in [0.5, 0.6) is 0 Å². The van der Waals surface area contributed by atoms with Gasteiger partial charge in [0.2, 0.25) is 0 Å². The van der Waals surface area contributed by atoms with Gasteiger partial charge in [-0.2, -0.15) is 0 Å². The Morgan fingerprint density at radius 3 is 2.43 bits per heavy atom. The van der Waals surface area contributed by atoms with Crippen LogP contribution in [0.15, 0.2) is 0 Å². The summed E-state index contributed by atoms with van der Waals surface area (Å²) in [6, 6.07) is 0.366. The molecule has 3 heteroatoms. The Morgan fingerprint density at radius 1 is 1.71 bits per heavy atom. The summed E-state index contributed by atoms with van der Waals surface area (Å²) < 4.78 is 0. The van der Waals surface area contributed by atoms with E-state index in [1.54, 1.807) is 0 Å². The first-order chi connectivity index (χ1) is 3.31. The fraction of sp³-hybridized carbons (Fsp3) is 1.00. The second-order valence-corrected chi connectivity index (χ2v) is 1.63. The van der Waals surface area contributed by atoms with Crippen LogP contribution in [0.2, 0.25) is 0 Å². The highest BCUT2D eigenvalue weighted by Gasteiger charge is 1.90. The number of likely N-dealkylation sites (N-methyl/N-ethyl adjacent to an activating group) is 1. The minimum Gasteiger partial charge on any atom is -0.363 e. The molecule has 0 heterocycles. The van der Waals surface area contributed by atoms with Crippen molar-refractivity contribution >= 4 is 7.98 Å². The van der Waals surface area contributed by atoms with Crippen LogP contribution >= 0.6 is 0 Å². The van der Waals surface area contributed by atoms with Gasteiger partial charge in [0.25, 0.3) is 0 Å². The first-order valence-electron chi connectivity index (χ1n) is 2.42. The van der Waals surface area contributed by atoms with E-state index in [-0.39, 0.29) is 0 Å². The molecule has 0 rings (SSSR count). The van der Waals surface area contributed by atoms with Crippen molar-refractivity contribution in [1.82, 2.24) is 10.5 Å². The van der Waals surface area contributed by atoms with Crippen molar-refractivity contribution < 1.29 is 0 Å². The van der Waals surface area contributed by atoms with Gasteiger partial charge in [0.05, 0.1) is 0 Å². The van der Waals surface area contributed by atoms with Crippen LogP contribution in [0.1, 0.15) is 6.92 Å². The molecule has 0 amide bonds. The molecule has 0 aliphatic carbocycles. The molecule has 0 aliphatic rings. The molecule has 0 fully saturated rings. The van der Waals surface area contributed by atoms with Crippen molar-refractivity contribution in [3.8, 4) is 0 Å².